The lowest BCUT2D eigenvalue weighted by molar-refractivity contribution is -0.137. The summed E-state index contributed by atoms with van der Waals surface area (Å²) in [7, 11) is -0.399. The van der Waals surface area contributed by atoms with Gasteiger partial charge in [0.15, 0.2) is 0 Å². The van der Waals surface area contributed by atoms with Gasteiger partial charge in [0.2, 0.25) is 11.8 Å². The minimum atomic E-state index is -1.32. The Kier molecular flexibility index (Phi) is 7.07. The summed E-state index contributed by atoms with van der Waals surface area (Å²) in [4.78, 5) is 38.3. The number of nitrogens with zero attached hydrogens (tertiary/aromatic N) is 1. The molecule has 0 bridgehead atoms. The van der Waals surface area contributed by atoms with Gasteiger partial charge in [-0.2, -0.15) is 0 Å². The van der Waals surface area contributed by atoms with Crippen molar-refractivity contribution >= 4 is 25.0 Å². The second kappa shape index (κ2) is 8.62. The van der Waals surface area contributed by atoms with Crippen molar-refractivity contribution in [3.05, 3.63) is 0 Å². The monoisotopic (exact) mass is 439 g/mol. The molecular formula is C21H38BN3O6. The lowest BCUT2D eigenvalue weighted by Crippen LogP contribution is -2.69. The fourth-order valence-electron chi connectivity index (χ4n) is 4.23. The number of hydrogen-bond donors (Lipinski definition) is 3. The maximum absolute atomic E-state index is 13.2. The Balaban J connectivity index is 2.21. The normalized spacial score (nSPS) is 27.7. The molecule has 0 unspecified atom stereocenters. The van der Waals surface area contributed by atoms with Crippen molar-refractivity contribution in [2.75, 3.05) is 13.1 Å². The van der Waals surface area contributed by atoms with Gasteiger partial charge in [0.1, 0.15) is 5.54 Å². The molecule has 0 aliphatic carbocycles. The molecule has 3 amide bonds. The SMILES string of the molecule is CC(=O)N[C@]1(C(=O)NC(C)(C)C)C[C@H](CCB2OC(C)(C)C(C)(C)O2)CN(C(=O)O)C1. The highest BCUT2D eigenvalue weighted by atomic mass is 16.7. The van der Waals surface area contributed by atoms with Crippen LogP contribution >= 0.6 is 0 Å². The van der Waals surface area contributed by atoms with Crippen molar-refractivity contribution in [3.63, 3.8) is 0 Å². The number of hydrogen-bond acceptors (Lipinski definition) is 5. The first-order valence-electron chi connectivity index (χ1n) is 10.9. The second-order valence-corrected chi connectivity index (χ2v) is 11.0. The van der Waals surface area contributed by atoms with Gasteiger partial charge in [0.25, 0.3) is 0 Å². The average molecular weight is 439 g/mol. The molecule has 0 aromatic heterocycles. The van der Waals surface area contributed by atoms with E-state index in [0.717, 1.165) is 0 Å². The first-order chi connectivity index (χ1) is 14.0. The fourth-order valence-corrected chi connectivity index (χ4v) is 4.23. The van der Waals surface area contributed by atoms with Crippen LogP contribution in [0.3, 0.4) is 0 Å². The number of amides is 3. The van der Waals surface area contributed by atoms with E-state index in [1.165, 1.54) is 11.8 Å². The van der Waals surface area contributed by atoms with Crippen LogP contribution in [-0.2, 0) is 18.9 Å². The summed E-state index contributed by atoms with van der Waals surface area (Å²) in [5.41, 5.74) is -2.73. The van der Waals surface area contributed by atoms with E-state index in [9.17, 15) is 19.5 Å². The lowest BCUT2D eigenvalue weighted by atomic mass is 9.74. The molecule has 2 aliphatic rings. The van der Waals surface area contributed by atoms with E-state index in [-0.39, 0.29) is 24.3 Å². The van der Waals surface area contributed by atoms with Gasteiger partial charge in [-0.25, -0.2) is 4.79 Å². The van der Waals surface area contributed by atoms with Crippen LogP contribution in [-0.4, -0.2) is 70.4 Å². The summed E-state index contributed by atoms with van der Waals surface area (Å²) in [6, 6.07) is 0. The van der Waals surface area contributed by atoms with Gasteiger partial charge in [-0.05, 0) is 67.1 Å². The van der Waals surface area contributed by atoms with Crippen LogP contribution in [0.5, 0.6) is 0 Å². The highest BCUT2D eigenvalue weighted by Crippen LogP contribution is 2.39. The molecule has 9 nitrogen and oxygen atoms in total. The fraction of sp³-hybridized carbons (Fsp3) is 0.857. The average Bonchev–Trinajstić information content (AvgIpc) is 2.77. The summed E-state index contributed by atoms with van der Waals surface area (Å²) in [5.74, 6) is -0.885. The quantitative estimate of drug-likeness (QED) is 0.566. The zero-order valence-corrected chi connectivity index (χ0v) is 20.1. The molecule has 2 saturated heterocycles. The Hall–Kier alpha value is -1.81. The van der Waals surface area contributed by atoms with Crippen LogP contribution in [0.1, 0.15) is 68.2 Å². The van der Waals surface area contributed by atoms with Crippen LogP contribution in [0.25, 0.3) is 0 Å². The predicted molar refractivity (Wildman–Crippen MR) is 118 cm³/mol. The summed E-state index contributed by atoms with van der Waals surface area (Å²) in [6.07, 6.45) is 0.406. The minimum absolute atomic E-state index is 0.0865. The van der Waals surface area contributed by atoms with E-state index >= 15 is 0 Å². The molecule has 0 radical (unpaired) electrons. The summed E-state index contributed by atoms with van der Waals surface area (Å²) in [6.45, 7) is 15.0. The number of carbonyl (C=O) groups is 3. The Morgan fingerprint density at radius 3 is 2.13 bits per heavy atom. The van der Waals surface area contributed by atoms with E-state index < -0.39 is 35.5 Å². The Morgan fingerprint density at radius 1 is 1.13 bits per heavy atom. The van der Waals surface area contributed by atoms with Gasteiger partial charge in [0, 0.05) is 19.0 Å². The topological polar surface area (TPSA) is 117 Å². The van der Waals surface area contributed by atoms with E-state index in [1.54, 1.807) is 0 Å². The zero-order chi connectivity index (χ0) is 23.8. The van der Waals surface area contributed by atoms with Crippen LogP contribution in [0, 0.1) is 5.92 Å². The van der Waals surface area contributed by atoms with Crippen molar-refractivity contribution in [2.24, 2.45) is 5.92 Å². The third kappa shape index (κ3) is 6.13. The van der Waals surface area contributed by atoms with Gasteiger partial charge >= 0.3 is 13.2 Å². The summed E-state index contributed by atoms with van der Waals surface area (Å²) in [5, 5.41) is 15.4. The molecule has 0 aromatic carbocycles. The molecular weight excluding hydrogens is 401 g/mol. The largest absolute Gasteiger partial charge is 0.465 e. The van der Waals surface area contributed by atoms with E-state index in [2.05, 4.69) is 10.6 Å². The summed E-state index contributed by atoms with van der Waals surface area (Å²) < 4.78 is 12.1. The molecule has 0 saturated carbocycles. The van der Waals surface area contributed by atoms with Gasteiger partial charge in [-0.1, -0.05) is 6.42 Å². The van der Waals surface area contributed by atoms with Crippen molar-refractivity contribution in [1.29, 1.82) is 0 Å². The van der Waals surface area contributed by atoms with Gasteiger partial charge in [-0.3, -0.25) is 9.59 Å². The highest BCUT2D eigenvalue weighted by molar-refractivity contribution is 6.45. The molecule has 3 N–H and O–H groups in total. The third-order valence-electron chi connectivity index (χ3n) is 6.30. The highest BCUT2D eigenvalue weighted by Gasteiger charge is 2.52. The molecule has 0 aromatic rings. The van der Waals surface area contributed by atoms with Crippen LogP contribution in [0.2, 0.25) is 6.32 Å². The standard InChI is InChI=1S/C21H38BN3O6/c1-14(26)23-21(16(27)24-18(2,3)4)11-15(12-25(13-21)17(28)29)9-10-22-30-19(5,6)20(7,8)31-22/h15H,9-13H2,1-8H3,(H,23,26)(H,24,27)(H,28,29)/t15-,21+/m0/s1. The Morgan fingerprint density at radius 2 is 1.68 bits per heavy atom. The first kappa shape index (κ1) is 25.5. The molecule has 10 heteroatoms. The maximum atomic E-state index is 13.2. The molecule has 2 aliphatic heterocycles. The summed E-state index contributed by atoms with van der Waals surface area (Å²) >= 11 is 0. The van der Waals surface area contributed by atoms with Gasteiger partial charge < -0.3 is 29.9 Å². The smallest absolute Gasteiger partial charge is 0.457 e. The number of nitrogens with one attached hydrogen (secondary N) is 2. The van der Waals surface area contributed by atoms with Gasteiger partial charge in [-0.15, -0.1) is 0 Å². The number of rotatable bonds is 5. The van der Waals surface area contributed by atoms with Crippen molar-refractivity contribution < 1.29 is 28.8 Å². The van der Waals surface area contributed by atoms with Crippen LogP contribution in [0.4, 0.5) is 4.79 Å². The van der Waals surface area contributed by atoms with Gasteiger partial charge in [0.05, 0.1) is 17.7 Å². The maximum Gasteiger partial charge on any atom is 0.457 e. The van der Waals surface area contributed by atoms with Crippen molar-refractivity contribution in [3.8, 4) is 0 Å². The second-order valence-electron chi connectivity index (χ2n) is 11.0. The number of likely N-dealkylation sites (tertiary alicyclic amines) is 1. The molecule has 2 atom stereocenters. The Labute approximate surface area is 185 Å². The minimum Gasteiger partial charge on any atom is -0.465 e. The zero-order valence-electron chi connectivity index (χ0n) is 20.1. The third-order valence-corrected chi connectivity index (χ3v) is 6.30. The Bertz CT molecular complexity index is 704. The van der Waals surface area contributed by atoms with Crippen molar-refractivity contribution in [2.45, 2.75) is 96.8 Å². The van der Waals surface area contributed by atoms with Crippen molar-refractivity contribution in [1.82, 2.24) is 15.5 Å². The molecule has 31 heavy (non-hydrogen) atoms. The van der Waals surface area contributed by atoms with Crippen LogP contribution < -0.4 is 10.6 Å². The molecule has 2 heterocycles. The lowest BCUT2D eigenvalue weighted by Gasteiger charge is -2.45. The van der Waals surface area contributed by atoms with Crippen LogP contribution in [0.15, 0.2) is 0 Å². The van der Waals surface area contributed by atoms with E-state index in [0.29, 0.717) is 25.7 Å². The predicted octanol–water partition coefficient (Wildman–Crippen LogP) is 2.26. The molecule has 176 valence electrons. The first-order valence-corrected chi connectivity index (χ1v) is 10.9. The molecule has 2 rings (SSSR count). The van der Waals surface area contributed by atoms with E-state index in [4.69, 9.17) is 9.31 Å². The van der Waals surface area contributed by atoms with E-state index in [1.807, 2.05) is 48.5 Å². The molecule has 2 fully saturated rings. The molecule has 0 spiro atoms. The number of piperidine rings is 1. The number of carbonyl (C=O) groups excluding carboxylic acids is 2. The number of carboxylic acid groups (broad SMARTS) is 1.